The number of nitrogens with zero attached hydrogens (tertiary/aromatic N) is 5. The van der Waals surface area contributed by atoms with E-state index < -0.39 is 0 Å². The van der Waals surface area contributed by atoms with Crippen LogP contribution in [0.1, 0.15) is 19.3 Å². The summed E-state index contributed by atoms with van der Waals surface area (Å²) in [5, 5.41) is 4.10. The Morgan fingerprint density at radius 1 is 1.21 bits per heavy atom. The summed E-state index contributed by atoms with van der Waals surface area (Å²) in [5.74, 6) is 0.631. The molecule has 2 fully saturated rings. The molecular formula is C17H27N5O2. The number of carbonyl (C=O) groups is 1. The average molecular weight is 333 g/mol. The highest BCUT2D eigenvalue weighted by Crippen LogP contribution is 2.24. The van der Waals surface area contributed by atoms with Gasteiger partial charge in [0.05, 0.1) is 11.9 Å². The largest absolute Gasteiger partial charge is 0.370 e. The Hall–Kier alpha value is -1.89. The van der Waals surface area contributed by atoms with Crippen molar-refractivity contribution in [2.45, 2.75) is 19.3 Å². The second kappa shape index (κ2) is 7.34. The molecule has 0 radical (unpaired) electrons. The van der Waals surface area contributed by atoms with E-state index in [0.29, 0.717) is 12.3 Å². The third-order valence-corrected chi connectivity index (χ3v) is 5.16. The lowest BCUT2D eigenvalue weighted by atomic mass is 9.94. The molecule has 7 nitrogen and oxygen atoms in total. The zero-order chi connectivity index (χ0) is 17.1. The summed E-state index contributed by atoms with van der Waals surface area (Å²) in [6.07, 6.45) is 4.48. The topological polar surface area (TPSA) is 61.7 Å². The highest BCUT2D eigenvalue weighted by Gasteiger charge is 2.26. The maximum atomic E-state index is 12.5. The van der Waals surface area contributed by atoms with Crippen LogP contribution in [0, 0.1) is 5.92 Å². The minimum Gasteiger partial charge on any atom is -0.370 e. The number of hydrogen-bond acceptors (Lipinski definition) is 5. The van der Waals surface area contributed by atoms with Crippen LogP contribution in [0.15, 0.2) is 17.1 Å². The lowest BCUT2D eigenvalue weighted by molar-refractivity contribution is -0.133. The molecule has 2 aliphatic heterocycles. The maximum Gasteiger partial charge on any atom is 0.268 e. The lowest BCUT2D eigenvalue weighted by Crippen LogP contribution is -2.48. The van der Waals surface area contributed by atoms with Crippen LogP contribution in [0.5, 0.6) is 0 Å². The molecule has 0 aliphatic carbocycles. The highest BCUT2D eigenvalue weighted by atomic mass is 16.2. The number of aromatic nitrogens is 2. The number of hydrogen-bond donors (Lipinski definition) is 0. The zero-order valence-corrected chi connectivity index (χ0v) is 14.6. The number of aryl methyl sites for hydroxylation is 1. The van der Waals surface area contributed by atoms with Crippen molar-refractivity contribution in [2.75, 3.05) is 51.2 Å². The van der Waals surface area contributed by atoms with Crippen molar-refractivity contribution in [2.24, 2.45) is 13.0 Å². The summed E-state index contributed by atoms with van der Waals surface area (Å²) in [5.41, 5.74) is 0.776. The number of carbonyl (C=O) groups excluding carboxylic acids is 1. The highest BCUT2D eigenvalue weighted by molar-refractivity contribution is 5.76. The molecule has 132 valence electrons. The number of piperidine rings is 1. The van der Waals surface area contributed by atoms with Crippen LogP contribution < -0.4 is 10.5 Å². The number of amides is 1. The quantitative estimate of drug-likeness (QED) is 0.789. The van der Waals surface area contributed by atoms with Crippen LogP contribution in [-0.4, -0.2) is 71.8 Å². The summed E-state index contributed by atoms with van der Waals surface area (Å²) in [6, 6.07) is 1.64. The van der Waals surface area contributed by atoms with E-state index in [1.165, 1.54) is 4.68 Å². The van der Waals surface area contributed by atoms with Gasteiger partial charge in [0.25, 0.3) is 5.56 Å². The van der Waals surface area contributed by atoms with Crippen LogP contribution >= 0.6 is 0 Å². The predicted octanol–water partition coefficient (Wildman–Crippen LogP) is 0.161. The van der Waals surface area contributed by atoms with Crippen molar-refractivity contribution in [1.29, 1.82) is 0 Å². The molecule has 2 saturated heterocycles. The molecule has 3 rings (SSSR count). The maximum absolute atomic E-state index is 12.5. The van der Waals surface area contributed by atoms with Crippen molar-refractivity contribution < 1.29 is 4.79 Å². The molecule has 0 saturated carbocycles. The molecule has 24 heavy (non-hydrogen) atoms. The summed E-state index contributed by atoms with van der Waals surface area (Å²) < 4.78 is 1.34. The summed E-state index contributed by atoms with van der Waals surface area (Å²) in [6.45, 7) is 5.35. The van der Waals surface area contributed by atoms with E-state index >= 15 is 0 Å². The first-order chi connectivity index (χ1) is 11.5. The van der Waals surface area contributed by atoms with Gasteiger partial charge in [-0.05, 0) is 25.8 Å². The third-order valence-electron chi connectivity index (χ3n) is 5.16. The summed E-state index contributed by atoms with van der Waals surface area (Å²) in [7, 11) is 3.75. The first-order valence-electron chi connectivity index (χ1n) is 8.77. The van der Waals surface area contributed by atoms with E-state index in [1.807, 2.05) is 4.90 Å². The molecule has 3 heterocycles. The summed E-state index contributed by atoms with van der Waals surface area (Å²) in [4.78, 5) is 30.8. The fourth-order valence-electron chi connectivity index (χ4n) is 3.53. The van der Waals surface area contributed by atoms with Crippen LogP contribution in [-0.2, 0) is 11.8 Å². The Bertz CT molecular complexity index is 636. The second-order valence-electron chi connectivity index (χ2n) is 7.02. The molecule has 0 N–H and O–H groups in total. The van der Waals surface area contributed by atoms with Gasteiger partial charge in [0.15, 0.2) is 0 Å². The van der Waals surface area contributed by atoms with Gasteiger partial charge in [-0.3, -0.25) is 9.59 Å². The second-order valence-corrected chi connectivity index (χ2v) is 7.02. The van der Waals surface area contributed by atoms with E-state index in [1.54, 1.807) is 19.3 Å². The standard InChI is InChI=1S/C17H27N5O2/c1-19-6-8-21(9-7-19)17(24)10-14-4-3-5-22(13-14)15-11-16(23)20(2)18-12-15/h11-12,14H,3-10,13H2,1-2H3. The number of rotatable bonds is 3. The minimum atomic E-state index is -0.0943. The van der Waals surface area contributed by atoms with Crippen LogP contribution in [0.3, 0.4) is 0 Å². The van der Waals surface area contributed by atoms with Crippen LogP contribution in [0.2, 0.25) is 0 Å². The summed E-state index contributed by atoms with van der Waals surface area (Å²) >= 11 is 0. The molecule has 0 spiro atoms. The molecule has 1 unspecified atom stereocenters. The smallest absolute Gasteiger partial charge is 0.268 e. The van der Waals surface area contributed by atoms with Gasteiger partial charge in [0.2, 0.25) is 5.91 Å². The fourth-order valence-corrected chi connectivity index (χ4v) is 3.53. The Morgan fingerprint density at radius 2 is 1.96 bits per heavy atom. The lowest BCUT2D eigenvalue weighted by Gasteiger charge is -2.36. The van der Waals surface area contributed by atoms with Gasteiger partial charge in [0, 0.05) is 58.8 Å². The van der Waals surface area contributed by atoms with E-state index in [4.69, 9.17) is 0 Å². The van der Waals surface area contributed by atoms with E-state index in [9.17, 15) is 9.59 Å². The van der Waals surface area contributed by atoms with Gasteiger partial charge in [0.1, 0.15) is 0 Å². The molecule has 7 heteroatoms. The predicted molar refractivity (Wildman–Crippen MR) is 93.1 cm³/mol. The van der Waals surface area contributed by atoms with Gasteiger partial charge in [-0.2, -0.15) is 5.10 Å². The molecular weight excluding hydrogens is 306 g/mol. The van der Waals surface area contributed by atoms with Gasteiger partial charge >= 0.3 is 0 Å². The van der Waals surface area contributed by atoms with Crippen molar-refractivity contribution in [3.05, 3.63) is 22.6 Å². The molecule has 0 aromatic carbocycles. The number of likely N-dealkylation sites (N-methyl/N-ethyl adjacent to an activating group) is 1. The first-order valence-corrected chi connectivity index (χ1v) is 8.77. The van der Waals surface area contributed by atoms with Crippen molar-refractivity contribution in [3.8, 4) is 0 Å². The number of piperazine rings is 1. The minimum absolute atomic E-state index is 0.0943. The normalized spacial score (nSPS) is 22.7. The monoisotopic (exact) mass is 333 g/mol. The Kier molecular flexibility index (Phi) is 5.18. The Labute approximate surface area is 142 Å². The van der Waals surface area contributed by atoms with Gasteiger partial charge in [-0.1, -0.05) is 0 Å². The SMILES string of the molecule is CN1CCN(C(=O)CC2CCCN(c3cnn(C)c(=O)c3)C2)CC1. The Morgan fingerprint density at radius 3 is 2.67 bits per heavy atom. The zero-order valence-electron chi connectivity index (χ0n) is 14.6. The molecule has 1 amide bonds. The van der Waals surface area contributed by atoms with Gasteiger partial charge in [-0.15, -0.1) is 0 Å². The van der Waals surface area contributed by atoms with E-state index in [-0.39, 0.29) is 11.5 Å². The van der Waals surface area contributed by atoms with Crippen LogP contribution in [0.25, 0.3) is 0 Å². The number of anilines is 1. The molecule has 1 aromatic heterocycles. The Balaban J connectivity index is 1.58. The van der Waals surface area contributed by atoms with E-state index in [0.717, 1.165) is 57.8 Å². The van der Waals surface area contributed by atoms with Gasteiger partial charge in [-0.25, -0.2) is 4.68 Å². The van der Waals surface area contributed by atoms with Crippen molar-refractivity contribution in [3.63, 3.8) is 0 Å². The molecule has 2 aliphatic rings. The van der Waals surface area contributed by atoms with E-state index in [2.05, 4.69) is 21.9 Å². The van der Waals surface area contributed by atoms with Gasteiger partial charge < -0.3 is 14.7 Å². The average Bonchev–Trinajstić information content (AvgIpc) is 2.58. The van der Waals surface area contributed by atoms with Crippen molar-refractivity contribution in [1.82, 2.24) is 19.6 Å². The first kappa shape index (κ1) is 17.0. The fraction of sp³-hybridized carbons (Fsp3) is 0.706. The molecule has 1 aromatic rings. The van der Waals surface area contributed by atoms with Crippen molar-refractivity contribution >= 4 is 11.6 Å². The third kappa shape index (κ3) is 3.95. The molecule has 1 atom stereocenters. The van der Waals surface area contributed by atoms with Crippen LogP contribution in [0.4, 0.5) is 5.69 Å². The molecule has 0 bridgehead atoms.